The Hall–Kier alpha value is -1.82. The van der Waals surface area contributed by atoms with Crippen molar-refractivity contribution in [1.29, 1.82) is 0 Å². The van der Waals surface area contributed by atoms with E-state index in [0.717, 1.165) is 29.2 Å². The molecule has 0 saturated carbocycles. The van der Waals surface area contributed by atoms with Crippen molar-refractivity contribution in [2.75, 3.05) is 23.5 Å². The van der Waals surface area contributed by atoms with Gasteiger partial charge in [-0.25, -0.2) is 4.68 Å². The molecule has 118 valence electrons. The zero-order chi connectivity index (χ0) is 15.9. The second kappa shape index (κ2) is 7.98. The molecule has 0 atom stereocenters. The summed E-state index contributed by atoms with van der Waals surface area (Å²) >= 11 is 1.69. The van der Waals surface area contributed by atoms with Crippen LogP contribution in [0.4, 0.5) is 5.69 Å². The number of carbonyl (C=O) groups excluding carboxylic acids is 1. The molecule has 0 fully saturated rings. The van der Waals surface area contributed by atoms with Crippen molar-refractivity contribution in [2.45, 2.75) is 26.7 Å². The number of aromatic nitrogens is 3. The SMILES string of the molecule is CCCN(C(=O)CCSC)c1cn(-c2cccnc2)nc1C. The molecule has 22 heavy (non-hydrogen) atoms. The van der Waals surface area contributed by atoms with Gasteiger partial charge in [0.25, 0.3) is 0 Å². The summed E-state index contributed by atoms with van der Waals surface area (Å²) in [6.07, 6.45) is 8.90. The Bertz CT molecular complexity index is 612. The first-order valence-corrected chi connectivity index (χ1v) is 8.82. The van der Waals surface area contributed by atoms with Crippen LogP contribution in [-0.2, 0) is 4.79 Å². The first kappa shape index (κ1) is 16.5. The molecule has 0 saturated heterocycles. The van der Waals surface area contributed by atoms with E-state index in [1.807, 2.05) is 36.4 Å². The molecule has 2 aromatic rings. The molecule has 2 heterocycles. The third kappa shape index (κ3) is 3.88. The van der Waals surface area contributed by atoms with Crippen LogP contribution in [0.5, 0.6) is 0 Å². The van der Waals surface area contributed by atoms with Gasteiger partial charge < -0.3 is 4.90 Å². The number of hydrogen-bond donors (Lipinski definition) is 0. The predicted octanol–water partition coefficient (Wildman–Crippen LogP) is 3.07. The Morgan fingerprint density at radius 2 is 2.27 bits per heavy atom. The molecule has 0 bridgehead atoms. The van der Waals surface area contributed by atoms with Gasteiger partial charge in [0.15, 0.2) is 0 Å². The fourth-order valence-electron chi connectivity index (χ4n) is 2.26. The molecule has 0 spiro atoms. The summed E-state index contributed by atoms with van der Waals surface area (Å²) < 4.78 is 1.78. The lowest BCUT2D eigenvalue weighted by Gasteiger charge is -2.21. The molecule has 2 aromatic heterocycles. The molecule has 0 aliphatic rings. The zero-order valence-electron chi connectivity index (χ0n) is 13.3. The lowest BCUT2D eigenvalue weighted by molar-refractivity contribution is -0.118. The summed E-state index contributed by atoms with van der Waals surface area (Å²) in [6, 6.07) is 3.82. The van der Waals surface area contributed by atoms with Crippen molar-refractivity contribution in [2.24, 2.45) is 0 Å². The highest BCUT2D eigenvalue weighted by Crippen LogP contribution is 2.22. The minimum Gasteiger partial charge on any atom is -0.309 e. The number of aryl methyl sites for hydroxylation is 1. The smallest absolute Gasteiger partial charge is 0.227 e. The summed E-state index contributed by atoms with van der Waals surface area (Å²) in [7, 11) is 0. The third-order valence-electron chi connectivity index (χ3n) is 3.34. The van der Waals surface area contributed by atoms with Crippen molar-refractivity contribution in [3.05, 3.63) is 36.4 Å². The standard InChI is InChI=1S/C16H22N4OS/c1-4-9-19(16(21)7-10-22-3)15-12-20(18-13(15)2)14-6-5-8-17-11-14/h5-6,8,11-12H,4,7,9-10H2,1-3H3. The van der Waals surface area contributed by atoms with E-state index >= 15 is 0 Å². The normalized spacial score (nSPS) is 10.7. The average molecular weight is 318 g/mol. The third-order valence-corrected chi connectivity index (χ3v) is 3.95. The molecule has 0 aliphatic carbocycles. The van der Waals surface area contributed by atoms with E-state index in [-0.39, 0.29) is 5.91 Å². The highest BCUT2D eigenvalue weighted by molar-refractivity contribution is 7.98. The van der Waals surface area contributed by atoms with Gasteiger partial charge in [-0.05, 0) is 31.7 Å². The van der Waals surface area contributed by atoms with Crippen LogP contribution in [0.15, 0.2) is 30.7 Å². The highest BCUT2D eigenvalue weighted by atomic mass is 32.2. The maximum Gasteiger partial charge on any atom is 0.227 e. The van der Waals surface area contributed by atoms with Crippen LogP contribution >= 0.6 is 11.8 Å². The number of anilines is 1. The van der Waals surface area contributed by atoms with Crippen LogP contribution in [-0.4, -0.2) is 39.2 Å². The van der Waals surface area contributed by atoms with Crippen LogP contribution in [0.3, 0.4) is 0 Å². The number of carbonyl (C=O) groups is 1. The molecule has 0 aliphatic heterocycles. The number of hydrogen-bond acceptors (Lipinski definition) is 4. The quantitative estimate of drug-likeness (QED) is 0.787. The Kier molecular flexibility index (Phi) is 6.00. The van der Waals surface area contributed by atoms with Crippen LogP contribution in [0.2, 0.25) is 0 Å². The number of pyridine rings is 1. The average Bonchev–Trinajstić information content (AvgIpc) is 2.93. The van der Waals surface area contributed by atoms with Crippen molar-refractivity contribution in [1.82, 2.24) is 14.8 Å². The van der Waals surface area contributed by atoms with Crippen molar-refractivity contribution < 1.29 is 4.79 Å². The van der Waals surface area contributed by atoms with Gasteiger partial charge in [-0.2, -0.15) is 16.9 Å². The van der Waals surface area contributed by atoms with Crippen LogP contribution < -0.4 is 4.90 Å². The maximum atomic E-state index is 12.5. The minimum absolute atomic E-state index is 0.157. The Morgan fingerprint density at radius 1 is 1.45 bits per heavy atom. The summed E-state index contributed by atoms with van der Waals surface area (Å²) in [6.45, 7) is 4.73. The van der Waals surface area contributed by atoms with Crippen LogP contribution in [0.1, 0.15) is 25.5 Å². The van der Waals surface area contributed by atoms with Gasteiger partial charge in [0.1, 0.15) is 0 Å². The van der Waals surface area contributed by atoms with E-state index < -0.39 is 0 Å². The van der Waals surface area contributed by atoms with E-state index in [0.29, 0.717) is 13.0 Å². The maximum absolute atomic E-state index is 12.5. The summed E-state index contributed by atoms with van der Waals surface area (Å²) in [5.74, 6) is 1.000. The van der Waals surface area contributed by atoms with E-state index in [2.05, 4.69) is 17.0 Å². The first-order valence-electron chi connectivity index (χ1n) is 7.43. The van der Waals surface area contributed by atoms with E-state index in [9.17, 15) is 4.79 Å². The predicted molar refractivity (Wildman–Crippen MR) is 91.7 cm³/mol. The van der Waals surface area contributed by atoms with Gasteiger partial charge in [-0.15, -0.1) is 0 Å². The van der Waals surface area contributed by atoms with Gasteiger partial charge in [-0.1, -0.05) is 6.92 Å². The van der Waals surface area contributed by atoms with E-state index in [1.165, 1.54) is 0 Å². The molecule has 6 heteroatoms. The lowest BCUT2D eigenvalue weighted by Crippen LogP contribution is -2.32. The largest absolute Gasteiger partial charge is 0.309 e. The Morgan fingerprint density at radius 3 is 2.91 bits per heavy atom. The Balaban J connectivity index is 2.28. The minimum atomic E-state index is 0.157. The molecule has 1 amide bonds. The molecule has 0 radical (unpaired) electrons. The van der Waals surface area contributed by atoms with Gasteiger partial charge in [0, 0.05) is 24.9 Å². The van der Waals surface area contributed by atoms with Gasteiger partial charge in [-0.3, -0.25) is 9.78 Å². The van der Waals surface area contributed by atoms with Gasteiger partial charge in [0.2, 0.25) is 5.91 Å². The topological polar surface area (TPSA) is 51.0 Å². The van der Waals surface area contributed by atoms with Crippen LogP contribution in [0.25, 0.3) is 5.69 Å². The van der Waals surface area contributed by atoms with Crippen molar-refractivity contribution >= 4 is 23.4 Å². The van der Waals surface area contributed by atoms with Crippen molar-refractivity contribution in [3.63, 3.8) is 0 Å². The van der Waals surface area contributed by atoms with Crippen molar-refractivity contribution in [3.8, 4) is 5.69 Å². The van der Waals surface area contributed by atoms with E-state index in [4.69, 9.17) is 0 Å². The molecule has 2 rings (SSSR count). The number of thioether (sulfide) groups is 1. The second-order valence-corrected chi connectivity index (χ2v) is 6.03. The number of nitrogens with zero attached hydrogens (tertiary/aromatic N) is 4. The number of rotatable bonds is 7. The molecule has 0 N–H and O–H groups in total. The Labute approximate surface area is 135 Å². The molecule has 0 aromatic carbocycles. The lowest BCUT2D eigenvalue weighted by atomic mass is 10.3. The monoisotopic (exact) mass is 318 g/mol. The van der Waals surface area contributed by atoms with Crippen LogP contribution in [0, 0.1) is 6.92 Å². The molecular weight excluding hydrogens is 296 g/mol. The molecule has 0 unspecified atom stereocenters. The van der Waals surface area contributed by atoms with E-state index in [1.54, 1.807) is 28.8 Å². The number of amides is 1. The second-order valence-electron chi connectivity index (χ2n) is 5.04. The molecular formula is C16H22N4OS. The zero-order valence-corrected chi connectivity index (χ0v) is 14.1. The summed E-state index contributed by atoms with van der Waals surface area (Å²) in [5.41, 5.74) is 2.64. The fraction of sp³-hybridized carbons (Fsp3) is 0.438. The fourth-order valence-corrected chi connectivity index (χ4v) is 2.64. The highest BCUT2D eigenvalue weighted by Gasteiger charge is 2.19. The summed E-state index contributed by atoms with van der Waals surface area (Å²) in [5, 5.41) is 4.52. The van der Waals surface area contributed by atoms with Gasteiger partial charge >= 0.3 is 0 Å². The molecule has 5 nitrogen and oxygen atoms in total. The summed E-state index contributed by atoms with van der Waals surface area (Å²) in [4.78, 5) is 18.4. The van der Waals surface area contributed by atoms with Gasteiger partial charge in [0.05, 0.1) is 29.5 Å². The first-order chi connectivity index (χ1) is 10.7.